The molecule has 0 N–H and O–H groups in total. The molecule has 0 saturated carbocycles. The number of amides is 1. The molecule has 0 aromatic heterocycles. The second-order valence-electron chi connectivity index (χ2n) is 5.24. The summed E-state index contributed by atoms with van der Waals surface area (Å²) < 4.78 is 17.9. The molecule has 0 aliphatic carbocycles. The molecule has 2 heterocycles. The molecule has 16 heavy (non-hydrogen) atoms. The van der Waals surface area contributed by atoms with E-state index in [1.807, 2.05) is 0 Å². The molecule has 2 atom stereocenters. The maximum Gasteiger partial charge on any atom is 0.228 e. The topological polar surface area (TPSA) is 29.5 Å². The fourth-order valence-corrected chi connectivity index (χ4v) is 2.61. The van der Waals surface area contributed by atoms with Crippen LogP contribution in [0.5, 0.6) is 0 Å². The van der Waals surface area contributed by atoms with Crippen LogP contribution in [0.1, 0.15) is 20.3 Å². The van der Waals surface area contributed by atoms with Gasteiger partial charge < -0.3 is 9.64 Å². The van der Waals surface area contributed by atoms with Gasteiger partial charge in [0.2, 0.25) is 5.91 Å². The minimum Gasteiger partial charge on any atom is -0.377 e. The molecule has 92 valence electrons. The highest BCUT2D eigenvalue weighted by molar-refractivity contribution is 5.80. The number of hydrogen-bond acceptors (Lipinski definition) is 2. The van der Waals surface area contributed by atoms with Crippen molar-refractivity contribution in [2.45, 2.75) is 26.4 Å². The first-order chi connectivity index (χ1) is 7.63. The molecular weight excluding hydrogens is 209 g/mol. The van der Waals surface area contributed by atoms with Crippen LogP contribution in [0.2, 0.25) is 0 Å². The summed E-state index contributed by atoms with van der Waals surface area (Å²) in [6, 6.07) is 0. The van der Waals surface area contributed by atoms with E-state index in [1.54, 1.807) is 4.90 Å². The molecular formula is C12H20FNO2. The molecule has 0 aromatic rings. The van der Waals surface area contributed by atoms with Crippen molar-refractivity contribution < 1.29 is 13.9 Å². The average Bonchev–Trinajstić information content (AvgIpc) is 2.63. The Morgan fingerprint density at radius 3 is 2.75 bits per heavy atom. The average molecular weight is 229 g/mol. The second-order valence-corrected chi connectivity index (χ2v) is 5.24. The SMILES string of the molecule is CC(C)[C@H]1OCC[C@H]1C(=O)N1CC(CF)C1. The van der Waals surface area contributed by atoms with Gasteiger partial charge in [0.05, 0.1) is 18.7 Å². The van der Waals surface area contributed by atoms with E-state index in [9.17, 15) is 9.18 Å². The Balaban J connectivity index is 1.90. The predicted molar refractivity (Wildman–Crippen MR) is 58.7 cm³/mol. The number of likely N-dealkylation sites (tertiary alicyclic amines) is 1. The lowest BCUT2D eigenvalue weighted by Crippen LogP contribution is -2.54. The van der Waals surface area contributed by atoms with E-state index in [0.29, 0.717) is 25.6 Å². The van der Waals surface area contributed by atoms with E-state index in [4.69, 9.17) is 4.74 Å². The van der Waals surface area contributed by atoms with Crippen molar-refractivity contribution in [3.8, 4) is 0 Å². The second kappa shape index (κ2) is 4.70. The summed E-state index contributed by atoms with van der Waals surface area (Å²) in [7, 11) is 0. The van der Waals surface area contributed by atoms with Gasteiger partial charge >= 0.3 is 0 Å². The number of hydrogen-bond donors (Lipinski definition) is 0. The molecule has 4 heteroatoms. The van der Waals surface area contributed by atoms with E-state index >= 15 is 0 Å². The number of carbonyl (C=O) groups is 1. The number of rotatable bonds is 3. The summed E-state index contributed by atoms with van der Waals surface area (Å²) in [5.41, 5.74) is 0. The predicted octanol–water partition coefficient (Wildman–Crippen LogP) is 1.48. The zero-order chi connectivity index (χ0) is 11.7. The first-order valence-corrected chi connectivity index (χ1v) is 6.09. The van der Waals surface area contributed by atoms with Gasteiger partial charge in [-0.1, -0.05) is 13.8 Å². The highest BCUT2D eigenvalue weighted by Gasteiger charge is 2.41. The van der Waals surface area contributed by atoms with Crippen LogP contribution in [-0.4, -0.2) is 43.3 Å². The molecule has 2 fully saturated rings. The maximum absolute atomic E-state index is 12.3. The Hall–Kier alpha value is -0.640. The molecule has 2 aliphatic heterocycles. The van der Waals surface area contributed by atoms with Crippen LogP contribution >= 0.6 is 0 Å². The summed E-state index contributed by atoms with van der Waals surface area (Å²) in [5.74, 6) is 0.611. The maximum atomic E-state index is 12.3. The van der Waals surface area contributed by atoms with Gasteiger partial charge in [0, 0.05) is 25.6 Å². The van der Waals surface area contributed by atoms with Gasteiger partial charge in [-0.05, 0) is 12.3 Å². The Morgan fingerprint density at radius 1 is 1.50 bits per heavy atom. The summed E-state index contributed by atoms with van der Waals surface area (Å²) >= 11 is 0. The van der Waals surface area contributed by atoms with E-state index < -0.39 is 0 Å². The summed E-state index contributed by atoms with van der Waals surface area (Å²) in [5, 5.41) is 0. The Bertz CT molecular complexity index is 264. The zero-order valence-corrected chi connectivity index (χ0v) is 9.99. The highest BCUT2D eigenvalue weighted by atomic mass is 19.1. The van der Waals surface area contributed by atoms with Gasteiger partial charge in [-0.2, -0.15) is 0 Å². The van der Waals surface area contributed by atoms with E-state index in [-0.39, 0.29) is 30.5 Å². The Labute approximate surface area is 95.9 Å². The molecule has 0 unspecified atom stereocenters. The number of carbonyl (C=O) groups excluding carboxylic acids is 1. The first-order valence-electron chi connectivity index (χ1n) is 6.09. The Kier molecular flexibility index (Phi) is 3.47. The third-order valence-corrected chi connectivity index (χ3v) is 3.60. The van der Waals surface area contributed by atoms with E-state index in [0.717, 1.165) is 6.42 Å². The lowest BCUT2D eigenvalue weighted by atomic mass is 9.89. The van der Waals surface area contributed by atoms with Crippen LogP contribution in [0.3, 0.4) is 0 Å². The van der Waals surface area contributed by atoms with E-state index in [1.165, 1.54) is 0 Å². The summed E-state index contributed by atoms with van der Waals surface area (Å²) in [6.07, 6.45) is 0.871. The lowest BCUT2D eigenvalue weighted by molar-refractivity contribution is -0.145. The zero-order valence-electron chi connectivity index (χ0n) is 9.99. The van der Waals surface area contributed by atoms with Crippen molar-refractivity contribution in [3.05, 3.63) is 0 Å². The molecule has 2 rings (SSSR count). The van der Waals surface area contributed by atoms with Crippen LogP contribution in [-0.2, 0) is 9.53 Å². The smallest absolute Gasteiger partial charge is 0.228 e. The van der Waals surface area contributed by atoms with Crippen LogP contribution in [0.4, 0.5) is 4.39 Å². The van der Waals surface area contributed by atoms with Crippen molar-refractivity contribution in [2.75, 3.05) is 26.4 Å². The first kappa shape index (κ1) is 11.8. The van der Waals surface area contributed by atoms with Crippen molar-refractivity contribution in [3.63, 3.8) is 0 Å². The van der Waals surface area contributed by atoms with Crippen molar-refractivity contribution >= 4 is 5.91 Å². The highest BCUT2D eigenvalue weighted by Crippen LogP contribution is 2.30. The third kappa shape index (κ3) is 2.08. The van der Waals surface area contributed by atoms with Gasteiger partial charge in [-0.15, -0.1) is 0 Å². The quantitative estimate of drug-likeness (QED) is 0.733. The molecule has 1 amide bonds. The van der Waals surface area contributed by atoms with Gasteiger partial charge in [-0.3, -0.25) is 9.18 Å². The molecule has 3 nitrogen and oxygen atoms in total. The number of halogens is 1. The number of nitrogens with zero attached hydrogens (tertiary/aromatic N) is 1. The molecule has 0 spiro atoms. The van der Waals surface area contributed by atoms with Crippen LogP contribution in [0.25, 0.3) is 0 Å². The van der Waals surface area contributed by atoms with E-state index in [2.05, 4.69) is 13.8 Å². The van der Waals surface area contributed by atoms with Crippen LogP contribution < -0.4 is 0 Å². The Morgan fingerprint density at radius 2 is 2.19 bits per heavy atom. The molecule has 2 saturated heterocycles. The monoisotopic (exact) mass is 229 g/mol. The largest absolute Gasteiger partial charge is 0.377 e. The third-order valence-electron chi connectivity index (χ3n) is 3.60. The number of ether oxygens (including phenoxy) is 1. The lowest BCUT2D eigenvalue weighted by Gasteiger charge is -2.40. The van der Waals surface area contributed by atoms with Gasteiger partial charge in [-0.25, -0.2) is 0 Å². The van der Waals surface area contributed by atoms with Gasteiger partial charge in [0.15, 0.2) is 0 Å². The minimum atomic E-state index is -0.307. The van der Waals surface area contributed by atoms with Crippen LogP contribution in [0.15, 0.2) is 0 Å². The van der Waals surface area contributed by atoms with Gasteiger partial charge in [0.1, 0.15) is 0 Å². The van der Waals surface area contributed by atoms with Crippen LogP contribution in [0, 0.1) is 17.8 Å². The fourth-order valence-electron chi connectivity index (χ4n) is 2.61. The van der Waals surface area contributed by atoms with Crippen molar-refractivity contribution in [1.82, 2.24) is 4.90 Å². The normalized spacial score (nSPS) is 30.9. The van der Waals surface area contributed by atoms with Crippen molar-refractivity contribution in [2.24, 2.45) is 17.8 Å². The molecule has 0 aromatic carbocycles. The number of alkyl halides is 1. The van der Waals surface area contributed by atoms with Gasteiger partial charge in [0.25, 0.3) is 0 Å². The molecule has 2 aliphatic rings. The molecule has 0 radical (unpaired) electrons. The molecule has 0 bridgehead atoms. The minimum absolute atomic E-state index is 0.000520. The van der Waals surface area contributed by atoms with Crippen molar-refractivity contribution in [1.29, 1.82) is 0 Å². The summed E-state index contributed by atoms with van der Waals surface area (Å²) in [4.78, 5) is 13.9. The fraction of sp³-hybridized carbons (Fsp3) is 0.917. The summed E-state index contributed by atoms with van der Waals surface area (Å²) in [6.45, 7) is 5.72. The standard InChI is InChI=1S/C12H20FNO2/c1-8(2)11-10(3-4-16-11)12(15)14-6-9(5-13)7-14/h8-11H,3-7H2,1-2H3/t10-,11-/m1/s1.